The molecule has 1 aliphatic heterocycles. The number of ether oxygens (including phenoxy) is 2. The van der Waals surface area contributed by atoms with Crippen LogP contribution < -0.4 is 9.80 Å². The first-order chi connectivity index (χ1) is 15.9. The Balaban J connectivity index is 2.01. The number of halogens is 1. The summed E-state index contributed by atoms with van der Waals surface area (Å²) in [5.74, 6) is -1.77. The number of carboxylic acid groups (broad SMARTS) is 1. The number of phenolic OH excluding ortho intramolecular Hbond substituents is 1. The van der Waals surface area contributed by atoms with Gasteiger partial charge in [0.1, 0.15) is 28.3 Å². The predicted molar refractivity (Wildman–Crippen MR) is 120 cm³/mol. The van der Waals surface area contributed by atoms with E-state index in [0.29, 0.717) is 56.6 Å². The summed E-state index contributed by atoms with van der Waals surface area (Å²) in [6, 6.07) is 5.00. The number of morpholine rings is 1. The van der Waals surface area contributed by atoms with Gasteiger partial charge in [0.05, 0.1) is 25.5 Å². The molecule has 1 aromatic carbocycles. The molecule has 4 rings (SSSR count). The number of rotatable bonds is 7. The Morgan fingerprint density at radius 2 is 1.94 bits per heavy atom. The first-order valence-corrected chi connectivity index (χ1v) is 10.4. The molecule has 0 saturated carbocycles. The fourth-order valence-corrected chi connectivity index (χ4v) is 3.64. The van der Waals surface area contributed by atoms with Crippen LogP contribution in [0.3, 0.4) is 0 Å². The summed E-state index contributed by atoms with van der Waals surface area (Å²) in [6.45, 7) is 3.03. The standard InChI is InChI=1S/C22H24FN5O5/c1-27(3-6-32-2)17-12-16(21(30)31)24-20-18(13-9-14(23)11-15(29)10-13)25-22(26-19(17)20)28-4-7-33-8-5-28/h9-12,29H,3-8H2,1-2H3,(H,30,31). The lowest BCUT2D eigenvalue weighted by atomic mass is 10.1. The number of pyridine rings is 1. The molecular formula is C22H24FN5O5. The third-order valence-corrected chi connectivity index (χ3v) is 5.33. The highest BCUT2D eigenvalue weighted by molar-refractivity contribution is 6.01. The molecule has 0 amide bonds. The zero-order valence-corrected chi connectivity index (χ0v) is 18.3. The molecule has 3 aromatic rings. The zero-order chi connectivity index (χ0) is 23.5. The van der Waals surface area contributed by atoms with Crippen LogP contribution in [-0.2, 0) is 9.47 Å². The van der Waals surface area contributed by atoms with Gasteiger partial charge in [-0.2, -0.15) is 0 Å². The van der Waals surface area contributed by atoms with Gasteiger partial charge < -0.3 is 29.5 Å². The minimum absolute atomic E-state index is 0.191. The quantitative estimate of drug-likeness (QED) is 0.546. The van der Waals surface area contributed by atoms with Crippen molar-refractivity contribution in [2.45, 2.75) is 0 Å². The Morgan fingerprint density at radius 1 is 1.18 bits per heavy atom. The maximum absolute atomic E-state index is 14.2. The number of fused-ring (bicyclic) bond motifs is 1. The van der Waals surface area contributed by atoms with Gasteiger partial charge in [0.25, 0.3) is 0 Å². The molecular weight excluding hydrogens is 433 g/mol. The van der Waals surface area contributed by atoms with Crippen molar-refractivity contribution in [1.82, 2.24) is 15.0 Å². The van der Waals surface area contributed by atoms with E-state index in [1.54, 1.807) is 14.2 Å². The van der Waals surface area contributed by atoms with E-state index >= 15 is 0 Å². The summed E-state index contributed by atoms with van der Waals surface area (Å²) >= 11 is 0. The van der Waals surface area contributed by atoms with E-state index in [2.05, 4.69) is 9.97 Å². The highest BCUT2D eigenvalue weighted by Gasteiger charge is 2.23. The van der Waals surface area contributed by atoms with Crippen LogP contribution >= 0.6 is 0 Å². The van der Waals surface area contributed by atoms with Gasteiger partial charge >= 0.3 is 5.97 Å². The van der Waals surface area contributed by atoms with E-state index in [9.17, 15) is 19.4 Å². The highest BCUT2D eigenvalue weighted by Crippen LogP contribution is 2.34. The van der Waals surface area contributed by atoms with E-state index < -0.39 is 11.8 Å². The molecule has 0 atom stereocenters. The average Bonchev–Trinajstić information content (AvgIpc) is 2.81. The summed E-state index contributed by atoms with van der Waals surface area (Å²) in [5, 5.41) is 19.6. The van der Waals surface area contributed by atoms with Gasteiger partial charge in [0, 0.05) is 45.4 Å². The van der Waals surface area contributed by atoms with Crippen molar-refractivity contribution in [1.29, 1.82) is 0 Å². The second kappa shape index (κ2) is 9.51. The lowest BCUT2D eigenvalue weighted by Gasteiger charge is -2.28. The molecule has 1 saturated heterocycles. The maximum Gasteiger partial charge on any atom is 0.354 e. The molecule has 174 valence electrons. The largest absolute Gasteiger partial charge is 0.508 e. The van der Waals surface area contributed by atoms with Crippen molar-refractivity contribution in [3.05, 3.63) is 35.8 Å². The molecule has 2 N–H and O–H groups in total. The number of methoxy groups -OCH3 is 1. The average molecular weight is 457 g/mol. The van der Waals surface area contributed by atoms with Crippen molar-refractivity contribution in [2.24, 2.45) is 0 Å². The molecule has 0 aliphatic carbocycles. The Bertz CT molecular complexity index is 1170. The van der Waals surface area contributed by atoms with E-state index in [1.165, 1.54) is 18.2 Å². The Hall–Kier alpha value is -3.57. The first kappa shape index (κ1) is 22.6. The van der Waals surface area contributed by atoms with Crippen molar-refractivity contribution in [3.63, 3.8) is 0 Å². The minimum Gasteiger partial charge on any atom is -0.508 e. The van der Waals surface area contributed by atoms with Gasteiger partial charge in [-0.1, -0.05) is 0 Å². The number of aromatic nitrogens is 3. The molecule has 0 unspecified atom stereocenters. The zero-order valence-electron chi connectivity index (χ0n) is 18.3. The Labute approximate surface area is 189 Å². The lowest BCUT2D eigenvalue weighted by molar-refractivity contribution is 0.0691. The number of likely N-dealkylation sites (N-methyl/N-ethyl adjacent to an activating group) is 1. The lowest BCUT2D eigenvalue weighted by Crippen LogP contribution is -2.37. The molecule has 10 nitrogen and oxygen atoms in total. The van der Waals surface area contributed by atoms with E-state index in [-0.39, 0.29) is 28.2 Å². The van der Waals surface area contributed by atoms with Gasteiger partial charge in [-0.05, 0) is 18.2 Å². The van der Waals surface area contributed by atoms with Gasteiger partial charge in [-0.25, -0.2) is 24.1 Å². The number of aromatic carboxylic acids is 1. The van der Waals surface area contributed by atoms with E-state index in [0.717, 1.165) is 6.07 Å². The summed E-state index contributed by atoms with van der Waals surface area (Å²) in [5.41, 5.74) is 1.40. The van der Waals surface area contributed by atoms with Gasteiger partial charge in [0.2, 0.25) is 5.95 Å². The second-order valence-corrected chi connectivity index (χ2v) is 7.61. The molecule has 0 bridgehead atoms. The normalized spacial score (nSPS) is 14.0. The monoisotopic (exact) mass is 457 g/mol. The topological polar surface area (TPSA) is 121 Å². The fraction of sp³-hybridized carbons (Fsp3) is 0.364. The highest BCUT2D eigenvalue weighted by atomic mass is 19.1. The molecule has 11 heteroatoms. The number of hydrogen-bond donors (Lipinski definition) is 2. The molecule has 33 heavy (non-hydrogen) atoms. The van der Waals surface area contributed by atoms with Crippen LogP contribution in [0, 0.1) is 5.82 Å². The number of hydrogen-bond acceptors (Lipinski definition) is 9. The van der Waals surface area contributed by atoms with Crippen LogP contribution in [0.15, 0.2) is 24.3 Å². The number of aromatic hydroxyl groups is 1. The van der Waals surface area contributed by atoms with Crippen LogP contribution in [0.2, 0.25) is 0 Å². The summed E-state index contributed by atoms with van der Waals surface area (Å²) in [6.07, 6.45) is 0. The number of carboxylic acids is 1. The smallest absolute Gasteiger partial charge is 0.354 e. The third-order valence-electron chi connectivity index (χ3n) is 5.33. The molecule has 2 aromatic heterocycles. The van der Waals surface area contributed by atoms with E-state index in [1.807, 2.05) is 9.80 Å². The van der Waals surface area contributed by atoms with Crippen LogP contribution in [0.4, 0.5) is 16.0 Å². The van der Waals surface area contributed by atoms with Crippen molar-refractivity contribution in [2.75, 3.05) is 63.4 Å². The van der Waals surface area contributed by atoms with Gasteiger partial charge in [-0.3, -0.25) is 0 Å². The van der Waals surface area contributed by atoms with Crippen molar-refractivity contribution in [3.8, 4) is 17.0 Å². The molecule has 1 fully saturated rings. The number of anilines is 2. The number of phenols is 1. The van der Waals surface area contributed by atoms with E-state index in [4.69, 9.17) is 14.5 Å². The predicted octanol–water partition coefficient (Wildman–Crippen LogP) is 2.15. The van der Waals surface area contributed by atoms with Crippen LogP contribution in [0.5, 0.6) is 5.75 Å². The molecule has 1 aliphatic rings. The SMILES string of the molecule is COCCN(C)c1cc(C(=O)O)nc2c(-c3cc(O)cc(F)c3)nc(N3CCOCC3)nc12. The van der Waals surface area contributed by atoms with Gasteiger partial charge in [-0.15, -0.1) is 0 Å². The minimum atomic E-state index is -1.22. The first-order valence-electron chi connectivity index (χ1n) is 10.4. The fourth-order valence-electron chi connectivity index (χ4n) is 3.64. The Morgan fingerprint density at radius 3 is 2.61 bits per heavy atom. The third kappa shape index (κ3) is 4.78. The number of benzene rings is 1. The number of carbonyl (C=O) groups is 1. The molecule has 0 radical (unpaired) electrons. The second-order valence-electron chi connectivity index (χ2n) is 7.61. The summed E-state index contributed by atoms with van der Waals surface area (Å²) in [7, 11) is 3.37. The summed E-state index contributed by atoms with van der Waals surface area (Å²) in [4.78, 5) is 29.2. The van der Waals surface area contributed by atoms with Crippen LogP contribution in [-0.4, -0.2) is 84.7 Å². The van der Waals surface area contributed by atoms with Crippen molar-refractivity contribution < 1.29 is 28.9 Å². The number of nitrogens with zero attached hydrogens (tertiary/aromatic N) is 5. The maximum atomic E-state index is 14.2. The van der Waals surface area contributed by atoms with Crippen LogP contribution in [0.25, 0.3) is 22.3 Å². The summed E-state index contributed by atoms with van der Waals surface area (Å²) < 4.78 is 24.7. The van der Waals surface area contributed by atoms with Crippen LogP contribution in [0.1, 0.15) is 10.5 Å². The van der Waals surface area contributed by atoms with Crippen molar-refractivity contribution >= 4 is 28.6 Å². The Kier molecular flexibility index (Phi) is 6.52. The molecule has 3 heterocycles. The van der Waals surface area contributed by atoms with Gasteiger partial charge in [0.15, 0.2) is 5.69 Å². The molecule has 0 spiro atoms.